The average Bonchev–Trinajstić information content (AvgIpc) is 3.61. The van der Waals surface area contributed by atoms with Crippen LogP contribution in [-0.2, 0) is 14.9 Å². The lowest BCUT2D eigenvalue weighted by atomic mass is 9.73. The van der Waals surface area contributed by atoms with E-state index in [1.165, 1.54) is 31.5 Å². The second-order valence-corrected chi connectivity index (χ2v) is 15.3. The largest absolute Gasteiger partial charge is 0.378 e. The van der Waals surface area contributed by atoms with Gasteiger partial charge in [0.2, 0.25) is 17.4 Å². The number of benzene rings is 1. The van der Waals surface area contributed by atoms with Crippen LogP contribution in [0.4, 0.5) is 20.2 Å². The van der Waals surface area contributed by atoms with Crippen LogP contribution in [0.2, 0.25) is 0 Å². The third kappa shape index (κ3) is 5.14. The van der Waals surface area contributed by atoms with Gasteiger partial charge in [-0.25, -0.2) is 20.0 Å². The summed E-state index contributed by atoms with van der Waals surface area (Å²) >= 11 is 0. The number of ether oxygens (including phenoxy) is 1. The molecule has 9 rings (SSSR count). The van der Waals surface area contributed by atoms with Gasteiger partial charge in [-0.15, -0.1) is 0 Å². The van der Waals surface area contributed by atoms with Gasteiger partial charge >= 0.3 is 5.84 Å². The molecule has 4 fully saturated rings. The minimum atomic E-state index is -1.17. The van der Waals surface area contributed by atoms with Crippen molar-refractivity contribution < 1.29 is 18.3 Å². The maximum absolute atomic E-state index is 14.9. The Hall–Kier alpha value is -3.96. The van der Waals surface area contributed by atoms with Crippen LogP contribution in [-0.4, -0.2) is 113 Å². The van der Waals surface area contributed by atoms with Crippen molar-refractivity contribution in [2.24, 2.45) is 4.99 Å². The fourth-order valence-electron chi connectivity index (χ4n) is 9.16. The lowest BCUT2D eigenvalue weighted by molar-refractivity contribution is -0.128. The molecule has 10 nitrogen and oxygen atoms in total. The summed E-state index contributed by atoms with van der Waals surface area (Å²) in [7, 11) is 0. The molecule has 0 bridgehead atoms. The normalized spacial score (nSPS) is 27.9. The number of nitrogens with zero attached hydrogens (tertiary/aromatic N) is 7. The van der Waals surface area contributed by atoms with Crippen molar-refractivity contribution >= 4 is 35.2 Å². The van der Waals surface area contributed by atoms with Crippen LogP contribution >= 0.6 is 0 Å². The highest BCUT2D eigenvalue weighted by atomic mass is 19.2. The molecular weight excluding hydrogens is 638 g/mol. The number of rotatable bonds is 6. The van der Waals surface area contributed by atoms with Crippen LogP contribution in [0.1, 0.15) is 69.9 Å². The number of carbonyl (C=O) groups excluding carboxylic acids is 1. The van der Waals surface area contributed by atoms with Gasteiger partial charge in [-0.1, -0.05) is 12.5 Å². The van der Waals surface area contributed by atoms with Crippen LogP contribution in [0.3, 0.4) is 0 Å². The molecule has 12 heteroatoms. The van der Waals surface area contributed by atoms with Gasteiger partial charge in [0, 0.05) is 47.7 Å². The number of fused-ring (bicyclic) bond motifs is 3. The van der Waals surface area contributed by atoms with E-state index in [0.717, 1.165) is 87.6 Å². The minimum Gasteiger partial charge on any atom is -0.378 e. The quantitative estimate of drug-likeness (QED) is 0.366. The van der Waals surface area contributed by atoms with Crippen LogP contribution in [0.15, 0.2) is 47.2 Å². The molecule has 3 saturated heterocycles. The molecule has 7 heterocycles. The van der Waals surface area contributed by atoms with Crippen LogP contribution in [0, 0.1) is 11.8 Å². The topological polar surface area (TPSA) is 90.6 Å². The lowest BCUT2D eigenvalue weighted by Gasteiger charge is -2.48. The number of aliphatic imine (C=N–C) groups is 1. The average molecular weight is 684 g/mol. The molecule has 1 spiro atoms. The van der Waals surface area contributed by atoms with E-state index in [-0.39, 0.29) is 29.7 Å². The number of halogens is 2. The number of nitrogens with one attached hydrogen (secondary N) is 1. The van der Waals surface area contributed by atoms with E-state index in [4.69, 9.17) is 14.4 Å². The maximum Gasteiger partial charge on any atom is 0.377 e. The molecular formula is C38H45F2N8O2+. The lowest BCUT2D eigenvalue weighted by Crippen LogP contribution is -2.59. The molecule has 2 aromatic rings. The van der Waals surface area contributed by atoms with E-state index in [1.807, 2.05) is 11.0 Å². The third-order valence-corrected chi connectivity index (χ3v) is 12.3. The summed E-state index contributed by atoms with van der Waals surface area (Å²) in [4.78, 5) is 32.3. The summed E-state index contributed by atoms with van der Waals surface area (Å²) in [5.74, 6) is -1.53. The summed E-state index contributed by atoms with van der Waals surface area (Å²) < 4.78 is 39.5. The summed E-state index contributed by atoms with van der Waals surface area (Å²) in [6, 6.07) is 8.66. The van der Waals surface area contributed by atoms with Crippen molar-refractivity contribution in [3.05, 3.63) is 65.1 Å². The van der Waals surface area contributed by atoms with Gasteiger partial charge in [0.25, 0.3) is 5.95 Å². The fraction of sp³-hybridized carbons (Fsp3) is 0.553. The molecule has 262 valence electrons. The third-order valence-electron chi connectivity index (χ3n) is 12.3. The minimum absolute atomic E-state index is 0.0341. The fourth-order valence-corrected chi connectivity index (χ4v) is 9.16. The van der Waals surface area contributed by atoms with Gasteiger partial charge in [-0.05, 0) is 96.2 Å². The predicted molar refractivity (Wildman–Crippen MR) is 190 cm³/mol. The molecule has 1 amide bonds. The summed E-state index contributed by atoms with van der Waals surface area (Å²) in [6.07, 6.45) is 12.4. The number of hydrogen-bond donors (Lipinski definition) is 1. The first kappa shape index (κ1) is 32.0. The molecule has 7 aliphatic rings. The molecule has 1 atom stereocenters. The van der Waals surface area contributed by atoms with Gasteiger partial charge in [-0.2, -0.15) is 8.78 Å². The predicted octanol–water partition coefficient (Wildman–Crippen LogP) is 3.84. The molecule has 1 aromatic carbocycles. The first-order chi connectivity index (χ1) is 24.3. The zero-order valence-electron chi connectivity index (χ0n) is 28.8. The van der Waals surface area contributed by atoms with E-state index in [2.05, 4.69) is 57.0 Å². The number of pyridine rings is 1. The number of allylic oxidation sites excluding steroid dienone is 1. The number of hydrogen-bond acceptors (Lipinski definition) is 8. The standard InChI is InChI=1S/C38H44F2N8O2/c1-23(2)47-22-42-31-19-30(44-36(34(31)47)43-29-8-11-41-35(40)33(29)39)24-6-7-28-32(16-24)48(26-17-25(18-26)45-12-4-3-5-13-45)37(49)38(28)9-14-46(15-10-38)27-20-50-21-27/h6-8,11,16,19,22-23,25-27,34H,3-5,9-10,12-15,17-18,20-21H2,1-2H3/p+1. The molecule has 1 aromatic heterocycles. The second kappa shape index (κ2) is 12.4. The van der Waals surface area contributed by atoms with Gasteiger partial charge in [-0.3, -0.25) is 9.69 Å². The van der Waals surface area contributed by atoms with Crippen LogP contribution in [0.5, 0.6) is 0 Å². The van der Waals surface area contributed by atoms with Crippen LogP contribution in [0.25, 0.3) is 0 Å². The van der Waals surface area contributed by atoms with Crippen molar-refractivity contribution in [3.63, 3.8) is 0 Å². The van der Waals surface area contributed by atoms with E-state index in [9.17, 15) is 13.6 Å². The van der Waals surface area contributed by atoms with Crippen molar-refractivity contribution in [2.45, 2.75) is 94.4 Å². The maximum atomic E-state index is 14.9. The molecule has 50 heavy (non-hydrogen) atoms. The first-order valence-corrected chi connectivity index (χ1v) is 18.4. The smallest absolute Gasteiger partial charge is 0.377 e. The van der Waals surface area contributed by atoms with E-state index in [1.54, 1.807) is 6.34 Å². The first-order valence-electron chi connectivity index (χ1n) is 18.4. The Kier molecular flexibility index (Phi) is 7.91. The summed E-state index contributed by atoms with van der Waals surface area (Å²) in [5, 5.41) is 3.08. The zero-order chi connectivity index (χ0) is 34.1. The number of piperidine rings is 2. The van der Waals surface area contributed by atoms with Crippen LogP contribution < -0.4 is 14.9 Å². The summed E-state index contributed by atoms with van der Waals surface area (Å²) in [5.41, 5.74) is 3.84. The Morgan fingerprint density at radius 2 is 1.74 bits per heavy atom. The number of aromatic nitrogens is 1. The highest BCUT2D eigenvalue weighted by Crippen LogP contribution is 2.51. The van der Waals surface area contributed by atoms with E-state index in [0.29, 0.717) is 23.6 Å². The second-order valence-electron chi connectivity index (χ2n) is 15.3. The van der Waals surface area contributed by atoms with E-state index >= 15 is 0 Å². The molecule has 1 aliphatic carbocycles. The Morgan fingerprint density at radius 3 is 2.46 bits per heavy atom. The van der Waals surface area contributed by atoms with Gasteiger partial charge in [0.05, 0.1) is 36.7 Å². The summed E-state index contributed by atoms with van der Waals surface area (Å²) in [6.45, 7) is 9.76. The van der Waals surface area contributed by atoms with Gasteiger partial charge in [0.15, 0.2) is 11.7 Å². The van der Waals surface area contributed by atoms with Crippen molar-refractivity contribution in [3.8, 4) is 0 Å². The number of amides is 1. The highest BCUT2D eigenvalue weighted by molar-refractivity contribution is 6.18. The Labute approximate surface area is 291 Å². The van der Waals surface area contributed by atoms with E-state index < -0.39 is 17.2 Å². The SMILES string of the molecule is CC(C)N1C=NC2=CC(c3ccc4c(c3)N(C3CC(N5CCCCC5)C3)C(=O)C43CCN(C4COC4)CC3)=[N+]=C(Nc3ccnc(F)c3F)C21. The molecule has 1 saturated carbocycles. The van der Waals surface area contributed by atoms with Gasteiger partial charge < -0.3 is 19.4 Å². The number of amidine groups is 1. The molecule has 1 N–H and O–H groups in total. The monoisotopic (exact) mass is 683 g/mol. The van der Waals surface area contributed by atoms with Crippen molar-refractivity contribution in [1.29, 1.82) is 0 Å². The Morgan fingerprint density at radius 1 is 0.980 bits per heavy atom. The zero-order valence-corrected chi connectivity index (χ0v) is 28.8. The number of carbonyl (C=O) groups is 1. The molecule has 0 radical (unpaired) electrons. The number of likely N-dealkylation sites (tertiary alicyclic amines) is 2. The Bertz CT molecular complexity index is 1830. The highest BCUT2D eigenvalue weighted by Gasteiger charge is 2.56. The Balaban J connectivity index is 1.09. The van der Waals surface area contributed by atoms with Gasteiger partial charge in [0.1, 0.15) is 0 Å². The molecule has 6 aliphatic heterocycles. The molecule has 1 unspecified atom stereocenters. The van der Waals surface area contributed by atoms with Crippen molar-refractivity contribution in [2.75, 3.05) is 49.6 Å². The number of anilines is 2. The van der Waals surface area contributed by atoms with Crippen molar-refractivity contribution in [1.82, 2.24) is 24.4 Å².